The van der Waals surface area contributed by atoms with Gasteiger partial charge in [0.25, 0.3) is 5.91 Å². The molecule has 0 aromatic heterocycles. The van der Waals surface area contributed by atoms with Gasteiger partial charge in [0, 0.05) is 28.3 Å². The lowest BCUT2D eigenvalue weighted by Gasteiger charge is -2.08. The number of hydrogen-bond acceptors (Lipinski definition) is 3. The fourth-order valence-corrected chi connectivity index (χ4v) is 2.84. The molecule has 1 N–H and O–H groups in total. The van der Waals surface area contributed by atoms with Gasteiger partial charge in [-0.1, -0.05) is 34.8 Å². The molecule has 0 atom stereocenters. The monoisotopic (exact) mass is 389 g/mol. The fraction of sp³-hybridized carbons (Fsp3) is 0.188. The minimum Gasteiger partial charge on any atom is -0.484 e. The molecule has 1 amide bonds. The summed E-state index contributed by atoms with van der Waals surface area (Å²) in [5, 5.41) is 4.34. The molecule has 2 rings (SSSR count). The first-order valence-corrected chi connectivity index (χ1v) is 8.89. The van der Waals surface area contributed by atoms with Crippen LogP contribution in [0.3, 0.4) is 0 Å². The summed E-state index contributed by atoms with van der Waals surface area (Å²) in [6.45, 7) is 0.487. The van der Waals surface area contributed by atoms with Crippen LogP contribution in [0.5, 0.6) is 5.75 Å². The summed E-state index contributed by atoms with van der Waals surface area (Å²) in [4.78, 5) is 12.8. The second kappa shape index (κ2) is 9.28. The average Bonchev–Trinajstić information content (AvgIpc) is 2.54. The largest absolute Gasteiger partial charge is 0.484 e. The highest BCUT2D eigenvalue weighted by Gasteiger charge is 2.04. The number of carbonyl (C=O) groups is 1. The maximum atomic E-state index is 11.7. The number of benzene rings is 2. The highest BCUT2D eigenvalue weighted by molar-refractivity contribution is 7.99. The van der Waals surface area contributed by atoms with Crippen molar-refractivity contribution in [2.75, 3.05) is 18.9 Å². The van der Waals surface area contributed by atoms with E-state index in [-0.39, 0.29) is 12.5 Å². The number of nitrogens with one attached hydrogen (secondary N) is 1. The van der Waals surface area contributed by atoms with Crippen LogP contribution in [0.2, 0.25) is 15.1 Å². The fourth-order valence-electron chi connectivity index (χ4n) is 1.66. The molecule has 0 aliphatic heterocycles. The molecule has 0 radical (unpaired) electrons. The first-order chi connectivity index (χ1) is 11.0. The van der Waals surface area contributed by atoms with E-state index in [2.05, 4.69) is 5.32 Å². The second-order valence-corrected chi connectivity index (χ2v) is 6.94. The van der Waals surface area contributed by atoms with Crippen LogP contribution in [0.4, 0.5) is 0 Å². The molecule has 0 spiro atoms. The lowest BCUT2D eigenvalue weighted by molar-refractivity contribution is -0.122. The molecule has 0 heterocycles. The Morgan fingerprint density at radius 1 is 1.04 bits per heavy atom. The molecule has 122 valence electrons. The van der Waals surface area contributed by atoms with Crippen molar-refractivity contribution in [1.82, 2.24) is 5.32 Å². The van der Waals surface area contributed by atoms with Crippen molar-refractivity contribution >= 4 is 52.5 Å². The smallest absolute Gasteiger partial charge is 0.257 e. The summed E-state index contributed by atoms with van der Waals surface area (Å²) < 4.78 is 5.36. The first-order valence-electron chi connectivity index (χ1n) is 6.77. The zero-order chi connectivity index (χ0) is 16.7. The molecular weight excluding hydrogens is 377 g/mol. The summed E-state index contributed by atoms with van der Waals surface area (Å²) in [5.74, 6) is 1.08. The van der Waals surface area contributed by atoms with Crippen LogP contribution >= 0.6 is 46.6 Å². The Labute approximate surface area is 154 Å². The van der Waals surface area contributed by atoms with E-state index in [4.69, 9.17) is 39.5 Å². The molecule has 0 bridgehead atoms. The summed E-state index contributed by atoms with van der Waals surface area (Å²) >= 11 is 19.2. The van der Waals surface area contributed by atoms with E-state index in [9.17, 15) is 4.79 Å². The second-order valence-electron chi connectivity index (χ2n) is 4.52. The topological polar surface area (TPSA) is 38.3 Å². The molecule has 0 aliphatic rings. The number of halogens is 3. The Morgan fingerprint density at radius 3 is 2.48 bits per heavy atom. The third-order valence-electron chi connectivity index (χ3n) is 2.77. The molecule has 0 aliphatic carbocycles. The van der Waals surface area contributed by atoms with Gasteiger partial charge in [-0.3, -0.25) is 4.79 Å². The van der Waals surface area contributed by atoms with Gasteiger partial charge in [0.1, 0.15) is 5.75 Å². The maximum absolute atomic E-state index is 11.7. The number of thioether (sulfide) groups is 1. The molecule has 0 unspecified atom stereocenters. The summed E-state index contributed by atoms with van der Waals surface area (Å²) in [6, 6.07) is 12.4. The van der Waals surface area contributed by atoms with E-state index in [1.54, 1.807) is 30.0 Å². The normalized spacial score (nSPS) is 10.4. The third-order valence-corrected chi connectivity index (χ3v) is 4.77. The van der Waals surface area contributed by atoms with E-state index >= 15 is 0 Å². The van der Waals surface area contributed by atoms with E-state index < -0.39 is 0 Å². The van der Waals surface area contributed by atoms with E-state index in [1.165, 1.54) is 0 Å². The van der Waals surface area contributed by atoms with Crippen LogP contribution in [0.15, 0.2) is 47.4 Å². The molecule has 0 saturated heterocycles. The van der Waals surface area contributed by atoms with Crippen molar-refractivity contribution in [3.05, 3.63) is 57.5 Å². The lowest BCUT2D eigenvalue weighted by Crippen LogP contribution is -2.30. The minimum atomic E-state index is -0.187. The van der Waals surface area contributed by atoms with Gasteiger partial charge >= 0.3 is 0 Å². The maximum Gasteiger partial charge on any atom is 0.257 e. The number of rotatable bonds is 7. The Bertz CT molecular complexity index is 665. The van der Waals surface area contributed by atoms with Crippen molar-refractivity contribution < 1.29 is 9.53 Å². The average molecular weight is 391 g/mol. The van der Waals surface area contributed by atoms with Crippen molar-refractivity contribution in [3.8, 4) is 5.75 Å². The minimum absolute atomic E-state index is 0.0659. The van der Waals surface area contributed by atoms with Crippen LogP contribution in [0.25, 0.3) is 0 Å². The molecule has 0 saturated carbocycles. The van der Waals surface area contributed by atoms with Crippen molar-refractivity contribution in [3.63, 3.8) is 0 Å². The summed E-state index contributed by atoms with van der Waals surface area (Å²) in [6.07, 6.45) is 0. The zero-order valence-corrected chi connectivity index (χ0v) is 15.1. The van der Waals surface area contributed by atoms with Crippen LogP contribution in [-0.4, -0.2) is 24.8 Å². The molecule has 7 heteroatoms. The zero-order valence-electron chi connectivity index (χ0n) is 12.0. The van der Waals surface area contributed by atoms with E-state index in [1.807, 2.05) is 24.3 Å². The van der Waals surface area contributed by atoms with Gasteiger partial charge in [-0.15, -0.1) is 11.8 Å². The predicted molar refractivity (Wildman–Crippen MR) is 97.1 cm³/mol. The number of amides is 1. The Kier molecular flexibility index (Phi) is 7.37. The Morgan fingerprint density at radius 2 is 1.78 bits per heavy atom. The van der Waals surface area contributed by atoms with Crippen molar-refractivity contribution in [2.24, 2.45) is 0 Å². The number of carbonyl (C=O) groups excluding carboxylic acids is 1. The van der Waals surface area contributed by atoms with Gasteiger partial charge < -0.3 is 10.1 Å². The third kappa shape index (κ3) is 6.51. The van der Waals surface area contributed by atoms with Gasteiger partial charge in [0.2, 0.25) is 0 Å². The molecule has 2 aromatic rings. The molecular formula is C16H14Cl3NO2S. The predicted octanol–water partition coefficient (Wildman–Crippen LogP) is 4.93. The van der Waals surface area contributed by atoms with Crippen LogP contribution < -0.4 is 10.1 Å². The Balaban J connectivity index is 1.65. The van der Waals surface area contributed by atoms with Crippen molar-refractivity contribution in [1.29, 1.82) is 0 Å². The number of hydrogen-bond donors (Lipinski definition) is 1. The lowest BCUT2D eigenvalue weighted by atomic mass is 10.3. The van der Waals surface area contributed by atoms with Gasteiger partial charge in [0.15, 0.2) is 6.61 Å². The summed E-state index contributed by atoms with van der Waals surface area (Å²) in [7, 11) is 0. The molecule has 2 aromatic carbocycles. The quantitative estimate of drug-likeness (QED) is 0.538. The van der Waals surface area contributed by atoms with Crippen LogP contribution in [0.1, 0.15) is 0 Å². The first kappa shape index (κ1) is 18.3. The van der Waals surface area contributed by atoms with Crippen LogP contribution in [-0.2, 0) is 4.79 Å². The highest BCUT2D eigenvalue weighted by atomic mass is 35.5. The van der Waals surface area contributed by atoms with Crippen molar-refractivity contribution in [2.45, 2.75) is 4.90 Å². The van der Waals surface area contributed by atoms with Gasteiger partial charge in [-0.25, -0.2) is 0 Å². The highest BCUT2D eigenvalue weighted by Crippen LogP contribution is 2.26. The van der Waals surface area contributed by atoms with Gasteiger partial charge in [-0.2, -0.15) is 0 Å². The molecule has 0 fully saturated rings. The van der Waals surface area contributed by atoms with Gasteiger partial charge in [-0.05, 0) is 36.4 Å². The Hall–Kier alpha value is -1.07. The SMILES string of the molecule is O=C(COc1ccc(Cl)c(Cl)c1)NCCSc1ccc(Cl)cc1. The molecule has 23 heavy (non-hydrogen) atoms. The van der Waals surface area contributed by atoms with Gasteiger partial charge in [0.05, 0.1) is 10.0 Å². The van der Waals surface area contributed by atoms with E-state index in [0.717, 1.165) is 10.6 Å². The molecule has 3 nitrogen and oxygen atoms in total. The number of ether oxygens (including phenoxy) is 1. The summed E-state index contributed by atoms with van der Waals surface area (Å²) in [5.41, 5.74) is 0. The van der Waals surface area contributed by atoms with Crippen LogP contribution in [0, 0.1) is 0 Å². The van der Waals surface area contributed by atoms with E-state index in [0.29, 0.717) is 27.4 Å². The standard InChI is InChI=1S/C16H14Cl3NO2S/c17-11-1-4-13(5-2-11)23-8-7-20-16(21)10-22-12-3-6-14(18)15(19)9-12/h1-6,9H,7-8,10H2,(H,20,21).